The Bertz CT molecular complexity index is 1290. The summed E-state index contributed by atoms with van der Waals surface area (Å²) in [5.74, 6) is 1.47. The van der Waals surface area contributed by atoms with Gasteiger partial charge in [0.1, 0.15) is 12.1 Å². The zero-order valence-corrected chi connectivity index (χ0v) is 15.5. The van der Waals surface area contributed by atoms with Crippen LogP contribution >= 0.6 is 0 Å². The maximum Gasteiger partial charge on any atom is 0.161 e. The van der Waals surface area contributed by atoms with Crippen molar-refractivity contribution >= 4 is 33.1 Å². The molecule has 5 aromatic rings. The number of hydrogen-bond acceptors (Lipinski definition) is 4. The third-order valence-corrected chi connectivity index (χ3v) is 4.90. The average Bonchev–Trinajstić information content (AvgIpc) is 3.05. The van der Waals surface area contributed by atoms with Crippen molar-refractivity contribution in [2.24, 2.45) is 0 Å². The van der Waals surface area contributed by atoms with Crippen LogP contribution in [0.1, 0.15) is 0 Å². The van der Waals surface area contributed by atoms with Gasteiger partial charge in [-0.3, -0.25) is 0 Å². The van der Waals surface area contributed by atoms with Gasteiger partial charge in [0, 0.05) is 5.39 Å². The second-order valence-corrected chi connectivity index (χ2v) is 6.55. The zero-order chi connectivity index (χ0) is 18.9. The van der Waals surface area contributed by atoms with Gasteiger partial charge >= 0.3 is 0 Å². The van der Waals surface area contributed by atoms with Crippen molar-refractivity contribution in [3.8, 4) is 11.5 Å². The van der Waals surface area contributed by atoms with Crippen molar-refractivity contribution < 1.29 is 9.47 Å². The summed E-state index contributed by atoms with van der Waals surface area (Å²) in [6.07, 6.45) is 0. The van der Waals surface area contributed by atoms with Gasteiger partial charge in [-0.25, -0.2) is 9.97 Å². The number of ether oxygens (including phenoxy) is 2. The summed E-state index contributed by atoms with van der Waals surface area (Å²) in [5, 5.41) is 1.10. The molecule has 3 aromatic carbocycles. The monoisotopic (exact) mass is 369 g/mol. The minimum atomic E-state index is 0.503. The number of nitrogens with zero attached hydrogens (tertiary/aromatic N) is 3. The fourth-order valence-electron chi connectivity index (χ4n) is 3.59. The molecule has 0 bridgehead atoms. The maximum atomic E-state index is 5.99. The van der Waals surface area contributed by atoms with Crippen LogP contribution in [0.25, 0.3) is 33.1 Å². The van der Waals surface area contributed by atoms with E-state index in [2.05, 4.69) is 16.7 Å². The first-order valence-corrected chi connectivity index (χ1v) is 9.25. The largest absolute Gasteiger partial charge is 0.493 e. The highest BCUT2D eigenvalue weighted by Gasteiger charge is 2.14. The third-order valence-electron chi connectivity index (χ3n) is 4.90. The first-order chi connectivity index (χ1) is 13.8. The second-order valence-electron chi connectivity index (χ2n) is 6.55. The van der Waals surface area contributed by atoms with Gasteiger partial charge in [0.05, 0.1) is 30.2 Å². The van der Waals surface area contributed by atoms with E-state index >= 15 is 0 Å². The number of benzene rings is 3. The minimum Gasteiger partial charge on any atom is -0.493 e. The van der Waals surface area contributed by atoms with Crippen LogP contribution in [0.3, 0.4) is 0 Å². The molecule has 5 rings (SSSR count). The molecule has 0 spiro atoms. The lowest BCUT2D eigenvalue weighted by Crippen LogP contribution is -2.09. The van der Waals surface area contributed by atoms with Crippen LogP contribution in [0.2, 0.25) is 0 Å². The van der Waals surface area contributed by atoms with Crippen molar-refractivity contribution in [2.45, 2.75) is 6.54 Å². The molecule has 0 saturated carbocycles. The third kappa shape index (κ3) is 2.72. The Labute approximate surface area is 162 Å². The van der Waals surface area contributed by atoms with Gasteiger partial charge in [0.15, 0.2) is 17.1 Å². The van der Waals surface area contributed by atoms with E-state index in [9.17, 15) is 0 Å². The van der Waals surface area contributed by atoms with Gasteiger partial charge in [-0.05, 0) is 30.3 Å². The minimum absolute atomic E-state index is 0.503. The predicted molar refractivity (Wildman–Crippen MR) is 111 cm³/mol. The van der Waals surface area contributed by atoms with E-state index in [1.54, 1.807) is 7.11 Å². The number of rotatable bonds is 5. The SMILES string of the molecule is COc1ccccc1OCCn1c2ccccc2c2nc3ccccc3nc21. The van der Waals surface area contributed by atoms with Crippen LogP contribution in [0.5, 0.6) is 11.5 Å². The normalized spacial score (nSPS) is 11.3. The number of hydrogen-bond donors (Lipinski definition) is 0. The molecule has 0 unspecified atom stereocenters. The topological polar surface area (TPSA) is 49.2 Å². The molecular weight excluding hydrogens is 350 g/mol. The van der Waals surface area contributed by atoms with Crippen LogP contribution < -0.4 is 9.47 Å². The summed E-state index contributed by atoms with van der Waals surface area (Å²) < 4.78 is 13.5. The average molecular weight is 369 g/mol. The summed E-state index contributed by atoms with van der Waals surface area (Å²) in [6.45, 7) is 1.16. The molecule has 5 nitrogen and oxygen atoms in total. The van der Waals surface area contributed by atoms with Gasteiger partial charge < -0.3 is 14.0 Å². The molecule has 138 valence electrons. The van der Waals surface area contributed by atoms with E-state index in [0.717, 1.165) is 44.6 Å². The van der Waals surface area contributed by atoms with Crippen LogP contribution in [-0.4, -0.2) is 28.3 Å². The Morgan fingerprint density at radius 1 is 0.786 bits per heavy atom. The van der Waals surface area contributed by atoms with Gasteiger partial charge in [-0.1, -0.05) is 42.5 Å². The van der Waals surface area contributed by atoms with Gasteiger partial charge in [0.2, 0.25) is 0 Å². The molecule has 0 aliphatic heterocycles. The lowest BCUT2D eigenvalue weighted by atomic mass is 10.2. The first kappa shape index (κ1) is 16.6. The van der Waals surface area contributed by atoms with Gasteiger partial charge in [-0.2, -0.15) is 0 Å². The number of para-hydroxylation sites is 5. The molecule has 2 heterocycles. The van der Waals surface area contributed by atoms with Gasteiger partial charge in [-0.15, -0.1) is 0 Å². The van der Waals surface area contributed by atoms with Crippen molar-refractivity contribution in [2.75, 3.05) is 13.7 Å². The smallest absolute Gasteiger partial charge is 0.161 e. The molecule has 0 N–H and O–H groups in total. The maximum absolute atomic E-state index is 5.99. The highest BCUT2D eigenvalue weighted by atomic mass is 16.5. The first-order valence-electron chi connectivity index (χ1n) is 9.25. The summed E-state index contributed by atoms with van der Waals surface area (Å²) in [7, 11) is 1.65. The summed E-state index contributed by atoms with van der Waals surface area (Å²) in [6, 6.07) is 23.9. The van der Waals surface area contributed by atoms with Crippen LogP contribution in [0, 0.1) is 0 Å². The summed E-state index contributed by atoms with van der Waals surface area (Å²) in [4.78, 5) is 9.77. The Morgan fingerprint density at radius 2 is 1.46 bits per heavy atom. The van der Waals surface area contributed by atoms with E-state index in [-0.39, 0.29) is 0 Å². The number of aromatic nitrogens is 3. The van der Waals surface area contributed by atoms with E-state index in [1.807, 2.05) is 60.7 Å². The fraction of sp³-hybridized carbons (Fsp3) is 0.130. The Kier molecular flexibility index (Phi) is 4.05. The van der Waals surface area contributed by atoms with Crippen LogP contribution in [0.4, 0.5) is 0 Å². The summed E-state index contributed by atoms with van der Waals surface area (Å²) >= 11 is 0. The van der Waals surface area contributed by atoms with E-state index < -0.39 is 0 Å². The van der Waals surface area contributed by atoms with Crippen LogP contribution in [-0.2, 0) is 6.54 Å². The van der Waals surface area contributed by atoms with E-state index in [0.29, 0.717) is 13.2 Å². The van der Waals surface area contributed by atoms with Crippen molar-refractivity contribution in [1.29, 1.82) is 0 Å². The molecule has 5 heteroatoms. The molecular formula is C23H19N3O2. The van der Waals surface area contributed by atoms with Crippen molar-refractivity contribution in [3.05, 3.63) is 72.8 Å². The molecule has 0 aliphatic rings. The van der Waals surface area contributed by atoms with Crippen LogP contribution in [0.15, 0.2) is 72.8 Å². The Morgan fingerprint density at radius 3 is 2.29 bits per heavy atom. The van der Waals surface area contributed by atoms with E-state index in [1.165, 1.54) is 0 Å². The molecule has 0 aliphatic carbocycles. The van der Waals surface area contributed by atoms with Crippen molar-refractivity contribution in [3.63, 3.8) is 0 Å². The predicted octanol–water partition coefficient (Wildman–Crippen LogP) is 4.83. The quantitative estimate of drug-likeness (QED) is 0.445. The zero-order valence-electron chi connectivity index (χ0n) is 15.5. The lowest BCUT2D eigenvalue weighted by Gasteiger charge is -2.12. The Balaban J connectivity index is 1.56. The molecule has 28 heavy (non-hydrogen) atoms. The number of methoxy groups -OCH3 is 1. The van der Waals surface area contributed by atoms with Crippen molar-refractivity contribution in [1.82, 2.24) is 14.5 Å². The molecule has 0 radical (unpaired) electrons. The highest BCUT2D eigenvalue weighted by Crippen LogP contribution is 2.29. The highest BCUT2D eigenvalue weighted by molar-refractivity contribution is 6.06. The van der Waals surface area contributed by atoms with Gasteiger partial charge in [0.25, 0.3) is 0 Å². The Hall–Kier alpha value is -3.60. The number of fused-ring (bicyclic) bond motifs is 4. The molecule has 0 amide bonds. The second kappa shape index (κ2) is 6.85. The molecule has 0 fully saturated rings. The van der Waals surface area contributed by atoms with E-state index in [4.69, 9.17) is 19.4 Å². The molecule has 0 atom stereocenters. The fourth-order valence-corrected chi connectivity index (χ4v) is 3.59. The molecule has 0 saturated heterocycles. The standard InChI is InChI=1S/C23H19N3O2/c1-27-20-12-6-7-13-21(20)28-15-14-26-19-11-5-2-8-16(19)22-23(26)25-18-10-4-3-9-17(18)24-22/h2-13H,14-15H2,1H3. The summed E-state index contributed by atoms with van der Waals surface area (Å²) in [5.41, 5.74) is 4.71. The lowest BCUT2D eigenvalue weighted by molar-refractivity contribution is 0.282. The molecule has 2 aromatic heterocycles.